The molecule has 0 N–H and O–H groups in total. The first-order chi connectivity index (χ1) is 28.0. The van der Waals surface area contributed by atoms with Gasteiger partial charge in [0.15, 0.2) is 0 Å². The van der Waals surface area contributed by atoms with Gasteiger partial charge in [0.1, 0.15) is 0 Å². The standard InChI is InChI=1S/C50H30F6N2/c51-49(52,53)36-17-11-16-35(26-36)48-46(57-42-20-9-7-18-38(42)40-24-22-33(27-44(40)57)31-12-3-1-4-13-31)29-37(50(54,55)56)30-47(48)58-43-21-10-8-19-39(43)41-25-23-34(28-45(41)58)32-14-5-2-6-15-32/h1-30H. The smallest absolute Gasteiger partial charge is 0.309 e. The third kappa shape index (κ3) is 5.83. The van der Waals surface area contributed by atoms with Crippen molar-refractivity contribution in [3.05, 3.63) is 193 Å². The molecule has 0 spiro atoms. The number of fused-ring (bicyclic) bond motifs is 6. The molecule has 0 saturated carbocycles. The maximum Gasteiger partial charge on any atom is 0.416 e. The molecule has 282 valence electrons. The summed E-state index contributed by atoms with van der Waals surface area (Å²) in [4.78, 5) is 0. The summed E-state index contributed by atoms with van der Waals surface area (Å²) in [7, 11) is 0. The van der Waals surface area contributed by atoms with Crippen LogP contribution in [0.15, 0.2) is 182 Å². The molecule has 58 heavy (non-hydrogen) atoms. The van der Waals surface area contributed by atoms with Crippen molar-refractivity contribution in [2.45, 2.75) is 12.4 Å². The molecule has 0 aliphatic carbocycles. The summed E-state index contributed by atoms with van der Waals surface area (Å²) < 4.78 is 93.5. The van der Waals surface area contributed by atoms with Crippen LogP contribution in [0.4, 0.5) is 26.3 Å². The SMILES string of the molecule is FC(F)(F)c1cccc(-c2c(-n3c4ccccc4c4ccc(-c5ccccc5)cc43)cc(C(F)(F)F)cc2-n2c3ccccc3c3ccc(-c4ccccc4)cc32)c1. The van der Waals surface area contributed by atoms with Crippen molar-refractivity contribution < 1.29 is 26.3 Å². The number of para-hydroxylation sites is 2. The Kier molecular flexibility index (Phi) is 8.09. The quantitative estimate of drug-likeness (QED) is 0.154. The second kappa shape index (κ2) is 13.3. The van der Waals surface area contributed by atoms with Gasteiger partial charge in [-0.1, -0.05) is 133 Å². The molecule has 0 radical (unpaired) electrons. The monoisotopic (exact) mass is 772 g/mol. The molecular formula is C50H30F6N2. The molecule has 0 aliphatic heterocycles. The fraction of sp³-hybridized carbons (Fsp3) is 0.0400. The maximum atomic E-state index is 15.4. The highest BCUT2D eigenvalue weighted by Crippen LogP contribution is 2.47. The molecule has 0 bridgehead atoms. The topological polar surface area (TPSA) is 9.86 Å². The Morgan fingerprint density at radius 3 is 1.17 bits per heavy atom. The van der Waals surface area contributed by atoms with Crippen molar-refractivity contribution in [1.29, 1.82) is 0 Å². The molecule has 0 amide bonds. The number of hydrogen-bond acceptors (Lipinski definition) is 0. The van der Waals surface area contributed by atoms with E-state index in [2.05, 4.69) is 0 Å². The summed E-state index contributed by atoms with van der Waals surface area (Å²) in [5, 5.41) is 3.15. The van der Waals surface area contributed by atoms with Crippen molar-refractivity contribution in [1.82, 2.24) is 9.13 Å². The molecule has 8 heteroatoms. The minimum Gasteiger partial charge on any atom is -0.309 e. The van der Waals surface area contributed by atoms with Gasteiger partial charge in [0.25, 0.3) is 0 Å². The molecule has 0 aliphatic rings. The number of halogens is 6. The fourth-order valence-corrected chi connectivity index (χ4v) is 8.36. The van der Waals surface area contributed by atoms with Crippen LogP contribution in [-0.2, 0) is 12.4 Å². The normalized spacial score (nSPS) is 12.3. The van der Waals surface area contributed by atoms with E-state index >= 15 is 13.2 Å². The van der Waals surface area contributed by atoms with E-state index in [1.807, 2.05) is 146 Å². The Labute approximate surface area is 328 Å². The van der Waals surface area contributed by atoms with Gasteiger partial charge in [-0.05, 0) is 76.3 Å². The van der Waals surface area contributed by atoms with Crippen LogP contribution in [0.25, 0.3) is 88.4 Å². The van der Waals surface area contributed by atoms with Gasteiger partial charge in [0, 0.05) is 27.1 Å². The highest BCUT2D eigenvalue weighted by molar-refractivity contribution is 6.13. The van der Waals surface area contributed by atoms with Crippen LogP contribution in [0.2, 0.25) is 0 Å². The molecule has 0 saturated heterocycles. The number of alkyl halides is 6. The van der Waals surface area contributed by atoms with Crippen LogP contribution in [0.1, 0.15) is 11.1 Å². The van der Waals surface area contributed by atoms with Gasteiger partial charge in [-0.2, -0.15) is 26.3 Å². The molecule has 0 atom stereocenters. The Bertz CT molecular complexity index is 3010. The lowest BCUT2D eigenvalue weighted by Gasteiger charge is -2.23. The van der Waals surface area contributed by atoms with Crippen LogP contribution < -0.4 is 0 Å². The molecule has 2 heterocycles. The lowest BCUT2D eigenvalue weighted by Crippen LogP contribution is -2.11. The van der Waals surface area contributed by atoms with Crippen molar-refractivity contribution in [3.63, 3.8) is 0 Å². The first kappa shape index (κ1) is 35.4. The van der Waals surface area contributed by atoms with Crippen molar-refractivity contribution >= 4 is 43.6 Å². The third-order valence-electron chi connectivity index (χ3n) is 10.9. The third-order valence-corrected chi connectivity index (χ3v) is 10.9. The second-order valence-electron chi connectivity index (χ2n) is 14.4. The van der Waals surface area contributed by atoms with Crippen LogP contribution in [0.3, 0.4) is 0 Å². The van der Waals surface area contributed by atoms with Gasteiger partial charge >= 0.3 is 12.4 Å². The molecule has 2 nitrogen and oxygen atoms in total. The maximum absolute atomic E-state index is 15.4. The minimum atomic E-state index is -4.82. The summed E-state index contributed by atoms with van der Waals surface area (Å²) in [6.07, 6.45) is -9.53. The summed E-state index contributed by atoms with van der Waals surface area (Å²) in [6, 6.07) is 52.8. The molecule has 10 aromatic rings. The van der Waals surface area contributed by atoms with E-state index in [-0.39, 0.29) is 22.5 Å². The lowest BCUT2D eigenvalue weighted by molar-refractivity contribution is -0.138. The number of benzene rings is 8. The van der Waals surface area contributed by atoms with Crippen LogP contribution in [0, 0.1) is 0 Å². The Morgan fingerprint density at radius 2 is 0.707 bits per heavy atom. The summed E-state index contributed by atoms with van der Waals surface area (Å²) in [5.41, 5.74) is 4.55. The number of hydrogen-bond donors (Lipinski definition) is 0. The second-order valence-corrected chi connectivity index (χ2v) is 14.4. The first-order valence-electron chi connectivity index (χ1n) is 18.7. The largest absolute Gasteiger partial charge is 0.416 e. The fourth-order valence-electron chi connectivity index (χ4n) is 8.36. The Hall–Kier alpha value is -7.06. The van der Waals surface area contributed by atoms with Crippen molar-refractivity contribution in [3.8, 4) is 44.8 Å². The van der Waals surface area contributed by atoms with Crippen molar-refractivity contribution in [2.75, 3.05) is 0 Å². The van der Waals surface area contributed by atoms with Gasteiger partial charge < -0.3 is 9.13 Å². The van der Waals surface area contributed by atoms with E-state index in [1.54, 1.807) is 9.13 Å². The Balaban J connectivity index is 1.40. The first-order valence-corrected chi connectivity index (χ1v) is 18.7. The lowest BCUT2D eigenvalue weighted by atomic mass is 9.96. The zero-order valence-corrected chi connectivity index (χ0v) is 30.5. The Morgan fingerprint density at radius 1 is 0.293 bits per heavy atom. The minimum absolute atomic E-state index is 0.0886. The molecular weight excluding hydrogens is 743 g/mol. The summed E-state index contributed by atoms with van der Waals surface area (Å²) >= 11 is 0. The van der Waals surface area contributed by atoms with E-state index in [4.69, 9.17) is 0 Å². The number of rotatable bonds is 5. The van der Waals surface area contributed by atoms with E-state index in [9.17, 15) is 13.2 Å². The average Bonchev–Trinajstić information content (AvgIpc) is 3.75. The van der Waals surface area contributed by atoms with Crippen LogP contribution in [0.5, 0.6) is 0 Å². The van der Waals surface area contributed by atoms with E-state index in [0.29, 0.717) is 22.1 Å². The highest BCUT2D eigenvalue weighted by atomic mass is 19.4. The van der Waals surface area contributed by atoms with E-state index in [0.717, 1.165) is 68.1 Å². The summed E-state index contributed by atoms with van der Waals surface area (Å²) in [5.74, 6) is 0. The van der Waals surface area contributed by atoms with E-state index < -0.39 is 23.5 Å². The highest BCUT2D eigenvalue weighted by Gasteiger charge is 2.35. The van der Waals surface area contributed by atoms with Gasteiger partial charge in [0.2, 0.25) is 0 Å². The zero-order valence-electron chi connectivity index (χ0n) is 30.5. The number of aromatic nitrogens is 2. The van der Waals surface area contributed by atoms with Gasteiger partial charge in [-0.15, -0.1) is 0 Å². The molecule has 2 aromatic heterocycles. The predicted octanol–water partition coefficient (Wildman–Crippen LogP) is 14.9. The average molecular weight is 773 g/mol. The van der Waals surface area contributed by atoms with Crippen LogP contribution in [-0.4, -0.2) is 9.13 Å². The van der Waals surface area contributed by atoms with Crippen LogP contribution >= 0.6 is 0 Å². The van der Waals surface area contributed by atoms with Gasteiger partial charge in [-0.3, -0.25) is 0 Å². The zero-order chi connectivity index (χ0) is 39.8. The molecule has 10 rings (SSSR count). The summed E-state index contributed by atoms with van der Waals surface area (Å²) in [6.45, 7) is 0. The predicted molar refractivity (Wildman–Crippen MR) is 221 cm³/mol. The molecule has 0 fully saturated rings. The van der Waals surface area contributed by atoms with E-state index in [1.165, 1.54) is 12.1 Å². The van der Waals surface area contributed by atoms with Crippen molar-refractivity contribution in [2.24, 2.45) is 0 Å². The molecule has 0 unspecified atom stereocenters. The number of nitrogens with zero attached hydrogens (tertiary/aromatic N) is 2. The van der Waals surface area contributed by atoms with Gasteiger partial charge in [0.05, 0.1) is 44.6 Å². The van der Waals surface area contributed by atoms with Gasteiger partial charge in [-0.25, -0.2) is 0 Å². The molecule has 8 aromatic carbocycles.